The molecule has 1 aromatic rings. The maximum Gasteiger partial charge on any atom is 0.175 e. The summed E-state index contributed by atoms with van der Waals surface area (Å²) < 4.78 is 22.7. The molecule has 1 atom stereocenters. The Hall–Kier alpha value is -0.910. The second-order valence-corrected chi connectivity index (χ2v) is 8.02. The Morgan fingerprint density at radius 1 is 1.25 bits per heavy atom. The van der Waals surface area contributed by atoms with E-state index in [1.54, 1.807) is 12.1 Å². The number of aliphatic hydroxyl groups is 1. The van der Waals surface area contributed by atoms with Crippen LogP contribution in [0.3, 0.4) is 0 Å². The lowest BCUT2D eigenvalue weighted by atomic mass is 9.90. The molecular formula is C15H25NO3S. The molecule has 0 saturated heterocycles. The van der Waals surface area contributed by atoms with Crippen molar-refractivity contribution in [2.45, 2.75) is 38.2 Å². The summed E-state index contributed by atoms with van der Waals surface area (Å²) in [6.07, 6.45) is 1.61. The molecule has 2 N–H and O–H groups in total. The van der Waals surface area contributed by atoms with E-state index in [-0.39, 0.29) is 10.3 Å². The molecule has 20 heavy (non-hydrogen) atoms. The van der Waals surface area contributed by atoms with Gasteiger partial charge in [0.05, 0.1) is 11.0 Å². The van der Waals surface area contributed by atoms with Crippen molar-refractivity contribution >= 4 is 9.84 Å². The van der Waals surface area contributed by atoms with Crippen LogP contribution in [0.1, 0.15) is 38.9 Å². The molecule has 1 rings (SSSR count). The third-order valence-electron chi connectivity index (χ3n) is 3.59. The minimum atomic E-state index is -3.18. The molecular weight excluding hydrogens is 274 g/mol. The molecule has 5 heteroatoms. The number of rotatable bonds is 7. The van der Waals surface area contributed by atoms with Crippen molar-refractivity contribution in [3.8, 4) is 0 Å². The Labute approximate surface area is 122 Å². The normalized spacial score (nSPS) is 14.2. The number of sulfone groups is 1. The van der Waals surface area contributed by atoms with Gasteiger partial charge in [0.25, 0.3) is 0 Å². The van der Waals surface area contributed by atoms with Crippen molar-refractivity contribution in [1.29, 1.82) is 0 Å². The van der Waals surface area contributed by atoms with E-state index in [1.165, 1.54) is 18.4 Å². The zero-order valence-corrected chi connectivity index (χ0v) is 13.5. The summed E-state index contributed by atoms with van der Waals surface area (Å²) >= 11 is 0. The van der Waals surface area contributed by atoms with Gasteiger partial charge < -0.3 is 10.4 Å². The topological polar surface area (TPSA) is 66.4 Å². The van der Waals surface area contributed by atoms with Gasteiger partial charge in [-0.15, -0.1) is 0 Å². The Morgan fingerprint density at radius 3 is 2.25 bits per heavy atom. The molecule has 114 valence electrons. The summed E-state index contributed by atoms with van der Waals surface area (Å²) in [5.41, 5.74) is 0.930. The van der Waals surface area contributed by atoms with Gasteiger partial charge in [0, 0.05) is 19.3 Å². The molecule has 0 aromatic heterocycles. The number of aliphatic hydroxyl groups excluding tert-OH is 1. The Kier molecular flexibility index (Phi) is 5.74. The van der Waals surface area contributed by atoms with Crippen LogP contribution in [0, 0.1) is 5.41 Å². The first-order chi connectivity index (χ1) is 9.15. The summed E-state index contributed by atoms with van der Waals surface area (Å²) in [6, 6.07) is 6.38. The van der Waals surface area contributed by atoms with E-state index in [4.69, 9.17) is 0 Å². The Balaban J connectivity index is 2.58. The minimum Gasteiger partial charge on any atom is -0.387 e. The summed E-state index contributed by atoms with van der Waals surface area (Å²) in [4.78, 5) is 0.272. The van der Waals surface area contributed by atoms with Crippen LogP contribution in [0.5, 0.6) is 0 Å². The molecule has 4 nitrogen and oxygen atoms in total. The highest BCUT2D eigenvalue weighted by Gasteiger charge is 2.16. The van der Waals surface area contributed by atoms with Crippen LogP contribution >= 0.6 is 0 Å². The van der Waals surface area contributed by atoms with Gasteiger partial charge in [-0.3, -0.25) is 0 Å². The van der Waals surface area contributed by atoms with Crippen LogP contribution in [0.15, 0.2) is 29.2 Å². The minimum absolute atomic E-state index is 0.208. The van der Waals surface area contributed by atoms with Crippen molar-refractivity contribution in [2.24, 2.45) is 5.41 Å². The molecule has 0 aliphatic heterocycles. The summed E-state index contributed by atoms with van der Waals surface area (Å²) in [5, 5.41) is 13.3. The molecule has 0 bridgehead atoms. The van der Waals surface area contributed by atoms with Crippen LogP contribution < -0.4 is 5.32 Å². The van der Waals surface area contributed by atoms with E-state index in [2.05, 4.69) is 26.1 Å². The van der Waals surface area contributed by atoms with Crippen molar-refractivity contribution < 1.29 is 13.5 Å². The quantitative estimate of drug-likeness (QED) is 0.809. The van der Waals surface area contributed by atoms with Gasteiger partial charge in [0.2, 0.25) is 0 Å². The fraction of sp³-hybridized carbons (Fsp3) is 0.600. The van der Waals surface area contributed by atoms with Gasteiger partial charge in [-0.1, -0.05) is 32.9 Å². The van der Waals surface area contributed by atoms with Crippen molar-refractivity contribution in [2.75, 3.05) is 19.3 Å². The lowest BCUT2D eigenvalue weighted by molar-refractivity contribution is 0.168. The maximum atomic E-state index is 11.4. The molecule has 0 amide bonds. The number of nitrogens with one attached hydrogen (secondary N) is 1. The van der Waals surface area contributed by atoms with Gasteiger partial charge in [-0.25, -0.2) is 8.42 Å². The molecule has 0 fully saturated rings. The van der Waals surface area contributed by atoms with Crippen LogP contribution in [-0.2, 0) is 9.84 Å². The summed E-state index contributed by atoms with van der Waals surface area (Å²) in [7, 11) is -3.18. The molecule has 0 saturated carbocycles. The van der Waals surface area contributed by atoms with Crippen molar-refractivity contribution in [1.82, 2.24) is 5.32 Å². The third kappa shape index (κ3) is 5.23. The van der Waals surface area contributed by atoms with Crippen LogP contribution in [0.4, 0.5) is 0 Å². The van der Waals surface area contributed by atoms with Crippen molar-refractivity contribution in [3.05, 3.63) is 29.8 Å². The number of benzene rings is 1. The first kappa shape index (κ1) is 17.1. The van der Waals surface area contributed by atoms with E-state index >= 15 is 0 Å². The zero-order valence-electron chi connectivity index (χ0n) is 12.7. The number of hydrogen-bond acceptors (Lipinski definition) is 4. The smallest absolute Gasteiger partial charge is 0.175 e. The first-order valence-corrected chi connectivity index (χ1v) is 8.73. The Morgan fingerprint density at radius 2 is 1.80 bits per heavy atom. The van der Waals surface area contributed by atoms with Gasteiger partial charge in [0.1, 0.15) is 0 Å². The van der Waals surface area contributed by atoms with E-state index < -0.39 is 15.9 Å². The molecule has 1 aromatic carbocycles. The monoisotopic (exact) mass is 299 g/mol. The summed E-state index contributed by atoms with van der Waals surface area (Å²) in [6.45, 7) is 7.78. The van der Waals surface area contributed by atoms with E-state index in [1.807, 2.05) is 0 Å². The molecule has 1 unspecified atom stereocenters. The predicted octanol–water partition coefficient (Wildman–Crippen LogP) is 2.15. The van der Waals surface area contributed by atoms with E-state index in [0.29, 0.717) is 6.54 Å². The van der Waals surface area contributed by atoms with Gasteiger partial charge in [-0.05, 0) is 29.5 Å². The average Bonchev–Trinajstić information content (AvgIpc) is 2.37. The van der Waals surface area contributed by atoms with Crippen LogP contribution in [0.2, 0.25) is 0 Å². The van der Waals surface area contributed by atoms with Gasteiger partial charge in [0.15, 0.2) is 9.84 Å². The lowest BCUT2D eigenvalue weighted by Crippen LogP contribution is -2.31. The molecule has 0 aliphatic rings. The highest BCUT2D eigenvalue weighted by Crippen LogP contribution is 2.19. The largest absolute Gasteiger partial charge is 0.387 e. The SMILES string of the molecule is CCC(C)(C)CNCC(O)c1ccc(S(C)(=O)=O)cc1. The fourth-order valence-corrected chi connectivity index (χ4v) is 2.36. The number of hydrogen-bond donors (Lipinski definition) is 2. The Bertz CT molecular complexity index is 521. The lowest BCUT2D eigenvalue weighted by Gasteiger charge is -2.24. The predicted molar refractivity (Wildman–Crippen MR) is 81.5 cm³/mol. The highest BCUT2D eigenvalue weighted by atomic mass is 32.2. The zero-order chi connectivity index (χ0) is 15.4. The third-order valence-corrected chi connectivity index (χ3v) is 4.72. The molecule has 0 radical (unpaired) electrons. The van der Waals surface area contributed by atoms with E-state index in [0.717, 1.165) is 18.5 Å². The van der Waals surface area contributed by atoms with Crippen LogP contribution in [-0.4, -0.2) is 32.9 Å². The second kappa shape index (κ2) is 6.70. The second-order valence-electron chi connectivity index (χ2n) is 6.01. The van der Waals surface area contributed by atoms with E-state index in [9.17, 15) is 13.5 Å². The maximum absolute atomic E-state index is 11.4. The first-order valence-electron chi connectivity index (χ1n) is 6.84. The molecule has 0 spiro atoms. The highest BCUT2D eigenvalue weighted by molar-refractivity contribution is 7.90. The van der Waals surface area contributed by atoms with Crippen molar-refractivity contribution in [3.63, 3.8) is 0 Å². The van der Waals surface area contributed by atoms with Crippen LogP contribution in [0.25, 0.3) is 0 Å². The average molecular weight is 299 g/mol. The summed E-state index contributed by atoms with van der Waals surface area (Å²) in [5.74, 6) is 0. The van der Waals surface area contributed by atoms with Gasteiger partial charge >= 0.3 is 0 Å². The van der Waals surface area contributed by atoms with Gasteiger partial charge in [-0.2, -0.15) is 0 Å². The fourth-order valence-electron chi connectivity index (χ4n) is 1.73. The molecule has 0 aliphatic carbocycles. The standard InChI is InChI=1S/C15H25NO3S/c1-5-15(2,3)11-16-10-14(17)12-6-8-13(9-7-12)20(4,18)19/h6-9,14,16-17H,5,10-11H2,1-4H3. The molecule has 0 heterocycles.